The van der Waals surface area contributed by atoms with E-state index < -0.39 is 11.7 Å². The Bertz CT molecular complexity index is 479. The summed E-state index contributed by atoms with van der Waals surface area (Å²) >= 11 is 0. The quantitative estimate of drug-likeness (QED) is 0.663. The van der Waals surface area contributed by atoms with E-state index in [1.165, 1.54) is 6.08 Å². The van der Waals surface area contributed by atoms with Gasteiger partial charge >= 0.3 is 6.18 Å². The molecule has 1 rings (SSSR count). The van der Waals surface area contributed by atoms with Crippen molar-refractivity contribution < 1.29 is 13.2 Å². The normalized spacial score (nSPS) is 15.5. The number of allylic oxidation sites excluding steroid dienone is 5. The van der Waals surface area contributed by atoms with Crippen molar-refractivity contribution in [2.75, 3.05) is 13.6 Å². The Kier molecular flexibility index (Phi) is 6.54. The molecule has 0 saturated heterocycles. The fraction of sp³-hybridized carbons (Fsp3) is 0.562. The van der Waals surface area contributed by atoms with Gasteiger partial charge in [0.05, 0.1) is 11.6 Å². The van der Waals surface area contributed by atoms with Gasteiger partial charge in [0.1, 0.15) is 0 Å². The zero-order valence-corrected chi connectivity index (χ0v) is 12.5. The highest BCUT2D eigenvalue weighted by molar-refractivity contribution is 5.47. The van der Waals surface area contributed by atoms with Crippen molar-refractivity contribution in [2.24, 2.45) is 0 Å². The van der Waals surface area contributed by atoms with Gasteiger partial charge in [0.15, 0.2) is 0 Å². The highest BCUT2D eigenvalue weighted by Crippen LogP contribution is 2.35. The largest absolute Gasteiger partial charge is 0.418 e. The number of rotatable bonds is 6. The molecule has 116 valence electrons. The number of unbranched alkanes of at least 4 members (excludes halogenated alkanes) is 3. The predicted octanol–water partition coefficient (Wildman–Crippen LogP) is 4.72. The van der Waals surface area contributed by atoms with Crippen molar-refractivity contribution in [3.05, 3.63) is 35.1 Å². The summed E-state index contributed by atoms with van der Waals surface area (Å²) in [6, 6.07) is 1.80. The summed E-state index contributed by atoms with van der Waals surface area (Å²) in [5, 5.41) is 8.86. The molecule has 0 radical (unpaired) electrons. The highest BCUT2D eigenvalue weighted by atomic mass is 19.4. The molecule has 0 aromatic carbocycles. The molecule has 1 aliphatic rings. The zero-order chi connectivity index (χ0) is 15.9. The lowest BCUT2D eigenvalue weighted by molar-refractivity contribution is -0.0912. The summed E-state index contributed by atoms with van der Waals surface area (Å²) in [5.74, 6) is 0. The molecule has 0 spiro atoms. The van der Waals surface area contributed by atoms with Gasteiger partial charge in [-0.15, -0.1) is 0 Å². The number of likely N-dealkylation sites (N-methyl/N-ethyl adjacent to an activating group) is 1. The Labute approximate surface area is 124 Å². The van der Waals surface area contributed by atoms with E-state index in [4.69, 9.17) is 5.26 Å². The van der Waals surface area contributed by atoms with Crippen LogP contribution in [0.5, 0.6) is 0 Å². The summed E-state index contributed by atoms with van der Waals surface area (Å²) in [4.78, 5) is 1.64. The molecule has 0 aliphatic heterocycles. The van der Waals surface area contributed by atoms with Gasteiger partial charge in [-0.05, 0) is 18.9 Å². The number of hydrogen-bond acceptors (Lipinski definition) is 2. The van der Waals surface area contributed by atoms with E-state index >= 15 is 0 Å². The second-order valence-corrected chi connectivity index (χ2v) is 5.13. The minimum Gasteiger partial charge on any atom is -0.374 e. The zero-order valence-electron chi connectivity index (χ0n) is 12.5. The minimum atomic E-state index is -4.45. The molecule has 0 unspecified atom stereocenters. The van der Waals surface area contributed by atoms with Crippen LogP contribution < -0.4 is 0 Å². The minimum absolute atomic E-state index is 0.0629. The third kappa shape index (κ3) is 5.30. The number of hydrogen-bond donors (Lipinski definition) is 0. The van der Waals surface area contributed by atoms with Crippen LogP contribution in [0.15, 0.2) is 35.1 Å². The fourth-order valence-electron chi connectivity index (χ4n) is 2.26. The predicted molar refractivity (Wildman–Crippen MR) is 77.3 cm³/mol. The summed E-state index contributed by atoms with van der Waals surface area (Å²) in [6.45, 7) is 2.68. The van der Waals surface area contributed by atoms with Crippen molar-refractivity contribution in [2.45, 2.75) is 45.2 Å². The molecular weight excluding hydrogens is 277 g/mol. The topological polar surface area (TPSA) is 27.0 Å². The molecular formula is C16H21F3N2. The first kappa shape index (κ1) is 17.4. The van der Waals surface area contributed by atoms with Crippen LogP contribution in [-0.4, -0.2) is 24.7 Å². The highest BCUT2D eigenvalue weighted by Gasteiger charge is 2.37. The van der Waals surface area contributed by atoms with E-state index in [2.05, 4.69) is 6.92 Å². The van der Waals surface area contributed by atoms with E-state index in [1.807, 2.05) is 0 Å². The Balaban J connectivity index is 2.88. The molecule has 1 aliphatic carbocycles. The Morgan fingerprint density at radius 3 is 2.52 bits per heavy atom. The third-order valence-electron chi connectivity index (χ3n) is 3.42. The average molecular weight is 298 g/mol. The summed E-state index contributed by atoms with van der Waals surface area (Å²) in [6.07, 6.45) is 3.96. The maximum Gasteiger partial charge on any atom is 0.418 e. The van der Waals surface area contributed by atoms with Gasteiger partial charge < -0.3 is 4.90 Å². The van der Waals surface area contributed by atoms with Gasteiger partial charge in [-0.25, -0.2) is 0 Å². The molecule has 2 nitrogen and oxygen atoms in total. The molecule has 0 N–H and O–H groups in total. The van der Waals surface area contributed by atoms with Crippen molar-refractivity contribution in [3.8, 4) is 6.07 Å². The molecule has 0 heterocycles. The lowest BCUT2D eigenvalue weighted by Crippen LogP contribution is -2.26. The maximum absolute atomic E-state index is 13.2. The first-order valence-corrected chi connectivity index (χ1v) is 7.21. The lowest BCUT2D eigenvalue weighted by Gasteiger charge is -2.25. The van der Waals surface area contributed by atoms with Crippen LogP contribution in [0.2, 0.25) is 0 Å². The first-order chi connectivity index (χ1) is 9.90. The molecule has 0 aromatic heterocycles. The Hall–Kier alpha value is -1.70. The van der Waals surface area contributed by atoms with Crippen LogP contribution >= 0.6 is 0 Å². The van der Waals surface area contributed by atoms with Gasteiger partial charge in [-0.1, -0.05) is 38.3 Å². The second-order valence-electron chi connectivity index (χ2n) is 5.13. The monoisotopic (exact) mass is 298 g/mol. The van der Waals surface area contributed by atoms with Gasteiger partial charge in [0.2, 0.25) is 0 Å². The van der Waals surface area contributed by atoms with E-state index in [1.54, 1.807) is 24.1 Å². The first-order valence-electron chi connectivity index (χ1n) is 7.21. The SMILES string of the molecule is CCCCCCN(C)C1=CCC=C(C#N)C=C1C(F)(F)F. The van der Waals surface area contributed by atoms with Crippen LogP contribution in [0.1, 0.15) is 39.0 Å². The van der Waals surface area contributed by atoms with E-state index in [0.29, 0.717) is 13.0 Å². The molecule has 0 bridgehead atoms. The van der Waals surface area contributed by atoms with Gasteiger partial charge in [-0.3, -0.25) is 0 Å². The lowest BCUT2D eigenvalue weighted by atomic mass is 10.1. The standard InChI is InChI=1S/C16H21F3N2/c1-3-4-5-6-10-21(2)15-9-7-8-13(12-20)11-14(15)16(17,18)19/h8-9,11H,3-7,10H2,1-2H3. The second kappa shape index (κ2) is 7.92. The third-order valence-corrected chi connectivity index (χ3v) is 3.42. The van der Waals surface area contributed by atoms with E-state index in [9.17, 15) is 13.2 Å². The molecule has 0 fully saturated rings. The van der Waals surface area contributed by atoms with Crippen LogP contribution in [0.25, 0.3) is 0 Å². The van der Waals surface area contributed by atoms with Crippen LogP contribution in [0, 0.1) is 11.3 Å². The number of alkyl halides is 3. The Morgan fingerprint density at radius 2 is 1.95 bits per heavy atom. The smallest absolute Gasteiger partial charge is 0.374 e. The molecule has 0 saturated carbocycles. The Morgan fingerprint density at radius 1 is 1.24 bits per heavy atom. The molecule has 21 heavy (non-hydrogen) atoms. The van der Waals surface area contributed by atoms with Crippen molar-refractivity contribution in [1.82, 2.24) is 4.90 Å². The van der Waals surface area contributed by atoms with E-state index in [-0.39, 0.29) is 11.3 Å². The maximum atomic E-state index is 13.2. The van der Waals surface area contributed by atoms with Crippen molar-refractivity contribution in [1.29, 1.82) is 5.26 Å². The van der Waals surface area contributed by atoms with Gasteiger partial charge in [0.25, 0.3) is 0 Å². The van der Waals surface area contributed by atoms with Crippen molar-refractivity contribution in [3.63, 3.8) is 0 Å². The van der Waals surface area contributed by atoms with E-state index in [0.717, 1.165) is 31.8 Å². The molecule has 0 aromatic rings. The number of nitrogens with zero attached hydrogens (tertiary/aromatic N) is 2. The molecule has 0 amide bonds. The van der Waals surface area contributed by atoms with Crippen LogP contribution in [-0.2, 0) is 0 Å². The molecule has 5 heteroatoms. The van der Waals surface area contributed by atoms with Crippen LogP contribution in [0.4, 0.5) is 13.2 Å². The van der Waals surface area contributed by atoms with Crippen LogP contribution in [0.3, 0.4) is 0 Å². The fourth-order valence-corrected chi connectivity index (χ4v) is 2.26. The summed E-state index contributed by atoms with van der Waals surface area (Å²) < 4.78 is 39.6. The average Bonchev–Trinajstić information content (AvgIpc) is 2.65. The van der Waals surface area contributed by atoms with Gasteiger partial charge in [-0.2, -0.15) is 18.4 Å². The van der Waals surface area contributed by atoms with Crippen molar-refractivity contribution >= 4 is 0 Å². The number of halogens is 3. The summed E-state index contributed by atoms with van der Waals surface area (Å²) in [5.41, 5.74) is -0.501. The number of nitriles is 1. The summed E-state index contributed by atoms with van der Waals surface area (Å²) in [7, 11) is 1.68. The van der Waals surface area contributed by atoms with Gasteiger partial charge in [0, 0.05) is 24.9 Å². The molecule has 0 atom stereocenters.